The number of Topliss-reactive ketones (excluding diaryl/α,β-unsaturated/α-hetero) is 3. The summed E-state index contributed by atoms with van der Waals surface area (Å²) < 4.78 is 11.8. The van der Waals surface area contributed by atoms with E-state index < -0.39 is 29.5 Å². The molecular weight excluding hydrogens is 524 g/mol. The summed E-state index contributed by atoms with van der Waals surface area (Å²) in [5.74, 6) is -2.50. The van der Waals surface area contributed by atoms with Gasteiger partial charge in [-0.15, -0.1) is 0 Å². The number of carbonyl (C=O) groups is 3. The zero-order valence-corrected chi connectivity index (χ0v) is 23.0. The fourth-order valence-electron chi connectivity index (χ4n) is 5.56. The van der Waals surface area contributed by atoms with Crippen molar-refractivity contribution in [3.8, 4) is 22.6 Å². The van der Waals surface area contributed by atoms with Crippen molar-refractivity contribution in [2.45, 2.75) is 6.10 Å². The van der Waals surface area contributed by atoms with Crippen LogP contribution in [0, 0.1) is 11.8 Å². The number of para-hydroxylation sites is 1. The first-order chi connectivity index (χ1) is 20.5. The third-order valence-electron chi connectivity index (χ3n) is 7.74. The second kappa shape index (κ2) is 11.7. The second-order valence-corrected chi connectivity index (χ2v) is 10.2. The summed E-state index contributed by atoms with van der Waals surface area (Å²) in [7, 11) is 1.57. The van der Waals surface area contributed by atoms with E-state index in [2.05, 4.69) is 0 Å². The first-order valence-corrected chi connectivity index (χ1v) is 13.8. The summed E-state index contributed by atoms with van der Waals surface area (Å²) in [6.07, 6.45) is -0.872. The van der Waals surface area contributed by atoms with E-state index in [0.29, 0.717) is 33.8 Å². The second-order valence-electron chi connectivity index (χ2n) is 10.2. The molecule has 0 saturated heterocycles. The molecule has 6 rings (SSSR count). The molecule has 0 aromatic heterocycles. The van der Waals surface area contributed by atoms with E-state index in [0.717, 1.165) is 11.1 Å². The number of carbonyl (C=O) groups excluding carboxylic acids is 3. The largest absolute Gasteiger partial charge is 0.497 e. The molecule has 0 fully saturated rings. The van der Waals surface area contributed by atoms with Gasteiger partial charge in [0, 0.05) is 11.1 Å². The van der Waals surface area contributed by atoms with Crippen LogP contribution in [0.4, 0.5) is 0 Å². The van der Waals surface area contributed by atoms with Gasteiger partial charge in [-0.05, 0) is 41.0 Å². The minimum Gasteiger partial charge on any atom is -0.497 e. The Bertz CT molecular complexity index is 1730. The van der Waals surface area contributed by atoms with Crippen LogP contribution >= 0.6 is 0 Å². The number of rotatable bonds is 8. The Morgan fingerprint density at radius 1 is 0.643 bits per heavy atom. The lowest BCUT2D eigenvalue weighted by atomic mass is 9.71. The van der Waals surface area contributed by atoms with Gasteiger partial charge < -0.3 is 9.47 Å². The third-order valence-corrected chi connectivity index (χ3v) is 7.74. The highest BCUT2D eigenvalue weighted by atomic mass is 16.5. The van der Waals surface area contributed by atoms with Crippen LogP contribution in [0.15, 0.2) is 133 Å². The molecule has 42 heavy (non-hydrogen) atoms. The summed E-state index contributed by atoms with van der Waals surface area (Å²) in [5, 5.41) is 0. The van der Waals surface area contributed by atoms with Crippen LogP contribution in [-0.4, -0.2) is 24.5 Å². The lowest BCUT2D eigenvalue weighted by molar-refractivity contribution is 0.0428. The number of ether oxygens (including phenoxy) is 2. The van der Waals surface area contributed by atoms with Crippen LogP contribution in [0.5, 0.6) is 11.5 Å². The Morgan fingerprint density at radius 2 is 1.19 bits per heavy atom. The molecule has 0 aliphatic carbocycles. The molecule has 3 unspecified atom stereocenters. The average molecular weight is 553 g/mol. The van der Waals surface area contributed by atoms with E-state index in [1.165, 1.54) is 0 Å². The summed E-state index contributed by atoms with van der Waals surface area (Å²) in [4.78, 5) is 42.9. The normalized spacial score (nSPS) is 16.5. The monoisotopic (exact) mass is 552 g/mol. The molecule has 5 heteroatoms. The summed E-state index contributed by atoms with van der Waals surface area (Å²) in [6.45, 7) is 0. The molecule has 0 amide bonds. The van der Waals surface area contributed by atoms with Gasteiger partial charge in [0.05, 0.1) is 24.5 Å². The molecule has 206 valence electrons. The molecule has 1 heterocycles. The molecular formula is C37H28O5. The van der Waals surface area contributed by atoms with Crippen molar-refractivity contribution in [2.75, 3.05) is 7.11 Å². The number of benzene rings is 5. The van der Waals surface area contributed by atoms with Crippen LogP contribution in [-0.2, 0) is 0 Å². The van der Waals surface area contributed by atoms with Crippen LogP contribution in [0.25, 0.3) is 11.1 Å². The van der Waals surface area contributed by atoms with Crippen molar-refractivity contribution in [3.63, 3.8) is 0 Å². The van der Waals surface area contributed by atoms with Gasteiger partial charge in [0.2, 0.25) is 0 Å². The SMILES string of the molecule is COc1ccc(C2Oc3ccccc3C(=O)C2C(C(=O)c2ccccc2)C(=O)c2ccc(-c3ccccc3)cc2)cc1. The topological polar surface area (TPSA) is 69.7 Å². The van der Waals surface area contributed by atoms with Gasteiger partial charge in [0.15, 0.2) is 17.3 Å². The maximum atomic E-state index is 14.4. The summed E-state index contributed by atoms with van der Waals surface area (Å²) in [5.41, 5.74) is 3.69. The molecule has 5 aromatic rings. The number of hydrogen-bond acceptors (Lipinski definition) is 5. The van der Waals surface area contributed by atoms with Gasteiger partial charge in [-0.2, -0.15) is 0 Å². The van der Waals surface area contributed by atoms with E-state index in [1.54, 1.807) is 98.1 Å². The first kappa shape index (κ1) is 26.9. The van der Waals surface area contributed by atoms with Gasteiger partial charge >= 0.3 is 0 Å². The van der Waals surface area contributed by atoms with E-state index in [-0.39, 0.29) is 5.78 Å². The molecule has 5 nitrogen and oxygen atoms in total. The van der Waals surface area contributed by atoms with Crippen molar-refractivity contribution in [1.29, 1.82) is 0 Å². The fraction of sp³-hybridized carbons (Fsp3) is 0.108. The minimum atomic E-state index is -1.32. The van der Waals surface area contributed by atoms with Crippen molar-refractivity contribution in [1.82, 2.24) is 0 Å². The zero-order valence-electron chi connectivity index (χ0n) is 23.0. The third kappa shape index (κ3) is 5.13. The maximum absolute atomic E-state index is 14.4. The smallest absolute Gasteiger partial charge is 0.174 e. The lowest BCUT2D eigenvalue weighted by Crippen LogP contribution is -2.43. The first-order valence-electron chi connectivity index (χ1n) is 13.8. The van der Waals surface area contributed by atoms with Gasteiger partial charge in [-0.1, -0.05) is 109 Å². The number of hydrogen-bond donors (Lipinski definition) is 0. The Kier molecular flexibility index (Phi) is 7.48. The highest BCUT2D eigenvalue weighted by Crippen LogP contribution is 2.44. The van der Waals surface area contributed by atoms with Crippen molar-refractivity contribution in [2.24, 2.45) is 11.8 Å². The molecule has 1 aliphatic rings. The van der Waals surface area contributed by atoms with Crippen LogP contribution in [0.2, 0.25) is 0 Å². The minimum absolute atomic E-state index is 0.304. The van der Waals surface area contributed by atoms with E-state index in [9.17, 15) is 14.4 Å². The molecule has 0 radical (unpaired) electrons. The van der Waals surface area contributed by atoms with Crippen molar-refractivity contribution < 1.29 is 23.9 Å². The summed E-state index contributed by atoms with van der Waals surface area (Å²) in [6, 6.07) is 39.8. The molecule has 1 aliphatic heterocycles. The van der Waals surface area contributed by atoms with E-state index in [1.807, 2.05) is 42.5 Å². The lowest BCUT2D eigenvalue weighted by Gasteiger charge is -2.36. The molecule has 3 atom stereocenters. The van der Waals surface area contributed by atoms with Crippen LogP contribution in [0.3, 0.4) is 0 Å². The Labute approximate surface area is 244 Å². The van der Waals surface area contributed by atoms with Gasteiger partial charge in [0.25, 0.3) is 0 Å². The standard InChI is InChI=1S/C37H28O5/c1-41-29-22-20-28(21-23-29)37-33(36(40)30-14-8-9-15-31(30)42-37)32(34(38)26-12-6-3-7-13-26)35(39)27-18-16-25(17-19-27)24-10-4-2-5-11-24/h2-23,32-33,37H,1H3. The maximum Gasteiger partial charge on any atom is 0.174 e. The molecule has 0 saturated carbocycles. The number of methoxy groups -OCH3 is 1. The van der Waals surface area contributed by atoms with Crippen molar-refractivity contribution in [3.05, 3.63) is 156 Å². The predicted molar refractivity (Wildman–Crippen MR) is 161 cm³/mol. The summed E-state index contributed by atoms with van der Waals surface area (Å²) >= 11 is 0. The Balaban J connectivity index is 1.47. The highest BCUT2D eigenvalue weighted by Gasteiger charge is 2.49. The van der Waals surface area contributed by atoms with Gasteiger partial charge in [-0.25, -0.2) is 0 Å². The van der Waals surface area contributed by atoms with Crippen molar-refractivity contribution >= 4 is 17.3 Å². The molecule has 0 bridgehead atoms. The highest BCUT2D eigenvalue weighted by molar-refractivity contribution is 6.20. The average Bonchev–Trinajstić information content (AvgIpc) is 3.06. The zero-order chi connectivity index (χ0) is 29.1. The fourth-order valence-corrected chi connectivity index (χ4v) is 5.56. The Morgan fingerprint density at radius 3 is 1.83 bits per heavy atom. The van der Waals surface area contributed by atoms with Crippen LogP contribution < -0.4 is 9.47 Å². The van der Waals surface area contributed by atoms with Gasteiger partial charge in [0.1, 0.15) is 17.6 Å². The van der Waals surface area contributed by atoms with Crippen LogP contribution in [0.1, 0.15) is 42.7 Å². The quantitative estimate of drug-likeness (QED) is 0.146. The predicted octanol–water partition coefficient (Wildman–Crippen LogP) is 7.68. The molecule has 0 N–H and O–H groups in total. The number of fused-ring (bicyclic) bond motifs is 1. The number of ketones is 3. The molecule has 0 spiro atoms. The van der Waals surface area contributed by atoms with E-state index in [4.69, 9.17) is 9.47 Å². The van der Waals surface area contributed by atoms with Gasteiger partial charge in [-0.3, -0.25) is 14.4 Å². The Hall–Kier alpha value is -5.29. The van der Waals surface area contributed by atoms with E-state index >= 15 is 0 Å². The molecule has 5 aromatic carbocycles.